The summed E-state index contributed by atoms with van der Waals surface area (Å²) in [5.41, 5.74) is 0.161. The van der Waals surface area contributed by atoms with Gasteiger partial charge in [-0.3, -0.25) is 9.69 Å². The van der Waals surface area contributed by atoms with Crippen LogP contribution < -0.4 is 10.6 Å². The number of nitrogens with one attached hydrogen (secondary N) is 2. The lowest BCUT2D eigenvalue weighted by atomic mass is 10.0. The van der Waals surface area contributed by atoms with Crippen molar-refractivity contribution in [3.8, 4) is 0 Å². The summed E-state index contributed by atoms with van der Waals surface area (Å²) in [4.78, 5) is 14.0. The zero-order valence-corrected chi connectivity index (χ0v) is 11.0. The zero-order chi connectivity index (χ0) is 14.1. The Labute approximate surface area is 116 Å². The summed E-state index contributed by atoms with van der Waals surface area (Å²) < 4.78 is 26.1. The number of benzene rings is 1. The average Bonchev–Trinajstić information content (AvgIpc) is 2.87. The van der Waals surface area contributed by atoms with Gasteiger partial charge in [-0.15, -0.1) is 0 Å². The minimum Gasteiger partial charge on any atom is -0.325 e. The molecule has 2 heterocycles. The summed E-state index contributed by atoms with van der Waals surface area (Å²) in [5.74, 6) is -0.379. The average molecular weight is 281 g/mol. The van der Waals surface area contributed by atoms with E-state index in [4.69, 9.17) is 0 Å². The maximum atomic E-state index is 13.0. The molecular formula is C14H17F2N3O. The van der Waals surface area contributed by atoms with Gasteiger partial charge in [0, 0.05) is 24.8 Å². The van der Waals surface area contributed by atoms with E-state index in [2.05, 4.69) is 15.5 Å². The van der Waals surface area contributed by atoms with Crippen LogP contribution in [0.3, 0.4) is 0 Å². The van der Waals surface area contributed by atoms with Gasteiger partial charge in [-0.1, -0.05) is 0 Å². The van der Waals surface area contributed by atoms with Gasteiger partial charge in [-0.25, -0.2) is 8.78 Å². The molecule has 0 saturated carbocycles. The number of likely N-dealkylation sites (tertiary alicyclic amines) is 1. The Bertz CT molecular complexity index is 491. The van der Waals surface area contributed by atoms with Crippen LogP contribution in [0.15, 0.2) is 18.2 Å². The van der Waals surface area contributed by atoms with Gasteiger partial charge in [-0.05, 0) is 37.1 Å². The Morgan fingerprint density at radius 2 is 1.80 bits per heavy atom. The Kier molecular flexibility index (Phi) is 3.67. The lowest BCUT2D eigenvalue weighted by Gasteiger charge is -2.16. The minimum atomic E-state index is -0.693. The van der Waals surface area contributed by atoms with E-state index in [9.17, 15) is 13.6 Å². The second kappa shape index (κ2) is 5.46. The molecule has 1 aromatic carbocycles. The van der Waals surface area contributed by atoms with E-state index in [1.165, 1.54) is 0 Å². The first-order valence-electron chi connectivity index (χ1n) is 6.79. The lowest BCUT2D eigenvalue weighted by molar-refractivity contribution is -0.117. The van der Waals surface area contributed by atoms with E-state index in [1.54, 1.807) is 0 Å². The Morgan fingerprint density at radius 1 is 1.20 bits per heavy atom. The molecule has 20 heavy (non-hydrogen) atoms. The van der Waals surface area contributed by atoms with Crippen molar-refractivity contribution in [1.82, 2.24) is 10.2 Å². The van der Waals surface area contributed by atoms with E-state index in [-0.39, 0.29) is 18.1 Å². The van der Waals surface area contributed by atoms with Crippen LogP contribution in [0, 0.1) is 23.5 Å². The molecule has 2 atom stereocenters. The maximum Gasteiger partial charge on any atom is 0.238 e. The van der Waals surface area contributed by atoms with Crippen molar-refractivity contribution in [2.45, 2.75) is 0 Å². The van der Waals surface area contributed by atoms with Gasteiger partial charge >= 0.3 is 0 Å². The fraction of sp³-hybridized carbons (Fsp3) is 0.500. The van der Waals surface area contributed by atoms with E-state index in [1.807, 2.05) is 0 Å². The third-order valence-electron chi connectivity index (χ3n) is 3.98. The molecule has 1 amide bonds. The first-order chi connectivity index (χ1) is 9.60. The van der Waals surface area contributed by atoms with Gasteiger partial charge in [0.2, 0.25) is 5.91 Å². The highest BCUT2D eigenvalue weighted by Gasteiger charge is 2.36. The molecule has 0 spiro atoms. The molecule has 6 heteroatoms. The molecule has 0 aromatic heterocycles. The molecule has 0 radical (unpaired) electrons. The Morgan fingerprint density at radius 3 is 2.40 bits per heavy atom. The van der Waals surface area contributed by atoms with Gasteiger partial charge in [0.15, 0.2) is 0 Å². The third kappa shape index (κ3) is 2.96. The van der Waals surface area contributed by atoms with E-state index in [0.29, 0.717) is 11.8 Å². The summed E-state index contributed by atoms with van der Waals surface area (Å²) in [7, 11) is 0. The van der Waals surface area contributed by atoms with Gasteiger partial charge in [0.25, 0.3) is 0 Å². The highest BCUT2D eigenvalue weighted by atomic mass is 19.1. The smallest absolute Gasteiger partial charge is 0.238 e. The summed E-state index contributed by atoms with van der Waals surface area (Å²) >= 11 is 0. The van der Waals surface area contributed by atoms with Gasteiger partial charge in [0.05, 0.1) is 6.54 Å². The number of rotatable bonds is 3. The molecule has 4 nitrogen and oxygen atoms in total. The summed E-state index contributed by atoms with van der Waals surface area (Å²) in [6, 6.07) is 3.01. The number of fused-ring (bicyclic) bond motifs is 1. The predicted octanol–water partition coefficient (Wildman–Crippen LogP) is 1.05. The van der Waals surface area contributed by atoms with Crippen molar-refractivity contribution in [2.75, 3.05) is 38.0 Å². The summed E-state index contributed by atoms with van der Waals surface area (Å²) in [6.07, 6.45) is 0. The van der Waals surface area contributed by atoms with Crippen molar-refractivity contribution in [3.05, 3.63) is 29.8 Å². The van der Waals surface area contributed by atoms with Crippen LogP contribution in [0.25, 0.3) is 0 Å². The van der Waals surface area contributed by atoms with Crippen LogP contribution in [0.2, 0.25) is 0 Å². The van der Waals surface area contributed by atoms with Crippen LogP contribution in [0.1, 0.15) is 0 Å². The highest BCUT2D eigenvalue weighted by molar-refractivity contribution is 5.92. The zero-order valence-electron chi connectivity index (χ0n) is 11.0. The summed E-state index contributed by atoms with van der Waals surface area (Å²) in [5, 5.41) is 5.88. The molecule has 0 bridgehead atoms. The monoisotopic (exact) mass is 281 g/mol. The first-order valence-corrected chi connectivity index (χ1v) is 6.79. The standard InChI is InChI=1S/C14H17F2N3O/c15-11-1-12(16)3-13(2-11)18-14(20)8-19-6-9-4-17-5-10(9)7-19/h1-3,9-10,17H,4-8H2,(H,18,20)/t9-,10+. The second-order valence-corrected chi connectivity index (χ2v) is 5.58. The largest absolute Gasteiger partial charge is 0.325 e. The second-order valence-electron chi connectivity index (χ2n) is 5.58. The number of anilines is 1. The van der Waals surface area contributed by atoms with Gasteiger partial charge in [0.1, 0.15) is 11.6 Å². The van der Waals surface area contributed by atoms with Crippen molar-refractivity contribution in [3.63, 3.8) is 0 Å². The normalized spacial score (nSPS) is 25.7. The molecule has 108 valence electrons. The van der Waals surface area contributed by atoms with Crippen LogP contribution in [0.5, 0.6) is 0 Å². The van der Waals surface area contributed by atoms with E-state index in [0.717, 1.165) is 44.4 Å². The molecule has 3 rings (SSSR count). The summed E-state index contributed by atoms with van der Waals surface area (Å²) in [6.45, 7) is 4.10. The van der Waals surface area contributed by atoms with E-state index < -0.39 is 11.6 Å². The number of hydrogen-bond donors (Lipinski definition) is 2. The molecule has 2 N–H and O–H groups in total. The molecule has 0 unspecified atom stereocenters. The first kappa shape index (κ1) is 13.5. The van der Waals surface area contributed by atoms with Crippen molar-refractivity contribution in [2.24, 2.45) is 11.8 Å². The fourth-order valence-electron chi connectivity index (χ4n) is 3.11. The minimum absolute atomic E-state index is 0.161. The van der Waals surface area contributed by atoms with E-state index >= 15 is 0 Å². The number of amides is 1. The molecular weight excluding hydrogens is 264 g/mol. The van der Waals surface area contributed by atoms with Gasteiger partial charge in [-0.2, -0.15) is 0 Å². The fourth-order valence-corrected chi connectivity index (χ4v) is 3.11. The molecule has 2 aliphatic heterocycles. The number of halogens is 2. The van der Waals surface area contributed by atoms with Crippen molar-refractivity contribution >= 4 is 11.6 Å². The third-order valence-corrected chi connectivity index (χ3v) is 3.98. The van der Waals surface area contributed by atoms with Crippen LogP contribution >= 0.6 is 0 Å². The lowest BCUT2D eigenvalue weighted by Crippen LogP contribution is -2.33. The number of carbonyl (C=O) groups is 1. The molecule has 0 aliphatic carbocycles. The van der Waals surface area contributed by atoms with Gasteiger partial charge < -0.3 is 10.6 Å². The number of hydrogen-bond acceptors (Lipinski definition) is 3. The van der Waals surface area contributed by atoms with Crippen molar-refractivity contribution < 1.29 is 13.6 Å². The highest BCUT2D eigenvalue weighted by Crippen LogP contribution is 2.25. The molecule has 2 fully saturated rings. The predicted molar refractivity (Wildman–Crippen MR) is 71.3 cm³/mol. The quantitative estimate of drug-likeness (QED) is 0.870. The van der Waals surface area contributed by atoms with Crippen LogP contribution in [0.4, 0.5) is 14.5 Å². The SMILES string of the molecule is O=C(CN1C[C@H]2CNC[C@H]2C1)Nc1cc(F)cc(F)c1. The Hall–Kier alpha value is -1.53. The maximum absolute atomic E-state index is 13.0. The topological polar surface area (TPSA) is 44.4 Å². The van der Waals surface area contributed by atoms with Crippen LogP contribution in [-0.2, 0) is 4.79 Å². The van der Waals surface area contributed by atoms with Crippen LogP contribution in [-0.4, -0.2) is 43.5 Å². The van der Waals surface area contributed by atoms with Crippen molar-refractivity contribution in [1.29, 1.82) is 0 Å². The number of carbonyl (C=O) groups excluding carboxylic acids is 1. The molecule has 2 saturated heterocycles. The number of nitrogens with zero attached hydrogens (tertiary/aromatic N) is 1. The Balaban J connectivity index is 1.55. The molecule has 1 aromatic rings. The molecule has 2 aliphatic rings.